The van der Waals surface area contributed by atoms with Crippen molar-refractivity contribution in [1.29, 1.82) is 0 Å². The number of allylic oxidation sites excluding steroid dienone is 1. The zero-order valence-electron chi connectivity index (χ0n) is 16.3. The zero-order chi connectivity index (χ0) is 21.8. The molecule has 0 aliphatic carbocycles. The van der Waals surface area contributed by atoms with Crippen molar-refractivity contribution in [2.24, 2.45) is 0 Å². The smallest absolute Gasteiger partial charge is 0.263 e. The Hall–Kier alpha value is -3.57. The molecule has 0 unspecified atom stereocenters. The van der Waals surface area contributed by atoms with Crippen LogP contribution in [0.2, 0.25) is 0 Å². The summed E-state index contributed by atoms with van der Waals surface area (Å²) in [4.78, 5) is 15.8. The van der Waals surface area contributed by atoms with Gasteiger partial charge >= 0.3 is 0 Å². The second kappa shape index (κ2) is 8.66. The van der Waals surface area contributed by atoms with Gasteiger partial charge in [0.1, 0.15) is 10.5 Å². The second-order valence-corrected chi connectivity index (χ2v) is 9.08. The van der Waals surface area contributed by atoms with Gasteiger partial charge in [-0.2, -0.15) is 0 Å². The van der Waals surface area contributed by atoms with Crippen LogP contribution < -0.4 is 10.0 Å². The van der Waals surface area contributed by atoms with E-state index in [4.69, 9.17) is 4.42 Å². The number of aldehydes is 1. The number of benzene rings is 2. The third-order valence-electron chi connectivity index (χ3n) is 4.22. The predicted octanol–water partition coefficient (Wildman–Crippen LogP) is 3.69. The molecule has 2 aromatic carbocycles. The van der Waals surface area contributed by atoms with Gasteiger partial charge in [0.05, 0.1) is 10.5 Å². The van der Waals surface area contributed by atoms with Crippen molar-refractivity contribution in [3.05, 3.63) is 65.6 Å². The summed E-state index contributed by atoms with van der Waals surface area (Å²) in [6.07, 6.45) is 2.76. The van der Waals surface area contributed by atoms with Gasteiger partial charge in [-0.3, -0.25) is 9.52 Å². The van der Waals surface area contributed by atoms with E-state index < -0.39 is 10.0 Å². The lowest BCUT2D eigenvalue weighted by Gasteiger charge is -2.06. The highest BCUT2D eigenvalue weighted by molar-refractivity contribution is 7.93. The first-order chi connectivity index (χ1) is 15.0. The average molecular weight is 456 g/mol. The van der Waals surface area contributed by atoms with E-state index >= 15 is 0 Å². The molecule has 0 aliphatic heterocycles. The first-order valence-electron chi connectivity index (χ1n) is 9.21. The van der Waals surface area contributed by atoms with Crippen molar-refractivity contribution >= 4 is 55.1 Å². The van der Waals surface area contributed by atoms with Gasteiger partial charge in [-0.1, -0.05) is 30.4 Å². The van der Waals surface area contributed by atoms with Gasteiger partial charge in [0.2, 0.25) is 11.0 Å². The molecule has 0 aliphatic rings. The number of oxazole rings is 1. The van der Waals surface area contributed by atoms with Crippen LogP contribution in [0.4, 0.5) is 10.8 Å². The normalized spacial score (nSPS) is 12.1. The van der Waals surface area contributed by atoms with E-state index in [1.165, 1.54) is 29.7 Å². The van der Waals surface area contributed by atoms with E-state index in [0.717, 1.165) is 5.01 Å². The molecule has 0 spiro atoms. The van der Waals surface area contributed by atoms with Gasteiger partial charge in [-0.25, -0.2) is 13.4 Å². The number of rotatable bonds is 8. The Balaban J connectivity index is 1.48. The van der Waals surface area contributed by atoms with Gasteiger partial charge in [0, 0.05) is 11.9 Å². The summed E-state index contributed by atoms with van der Waals surface area (Å²) in [7, 11) is -3.79. The van der Waals surface area contributed by atoms with Crippen molar-refractivity contribution in [3.8, 4) is 0 Å². The molecule has 158 valence electrons. The van der Waals surface area contributed by atoms with E-state index in [2.05, 4.69) is 25.2 Å². The Labute approximate surface area is 181 Å². The van der Waals surface area contributed by atoms with Crippen molar-refractivity contribution in [2.45, 2.75) is 18.2 Å². The number of aryl methyl sites for hydroxylation is 1. The number of carbonyl (C=O) groups is 1. The number of nitrogens with zero attached hydrogens (tertiary/aromatic N) is 3. The highest BCUT2D eigenvalue weighted by atomic mass is 32.2. The van der Waals surface area contributed by atoms with Crippen molar-refractivity contribution in [2.75, 3.05) is 10.0 Å². The fourth-order valence-electron chi connectivity index (χ4n) is 2.64. The Kier molecular flexibility index (Phi) is 5.78. The molecule has 31 heavy (non-hydrogen) atoms. The summed E-state index contributed by atoms with van der Waals surface area (Å²) in [5.74, 6) is 0.190. The summed E-state index contributed by atoms with van der Waals surface area (Å²) in [6.45, 7) is 1.92. The van der Waals surface area contributed by atoms with Crippen molar-refractivity contribution < 1.29 is 17.6 Å². The summed E-state index contributed by atoms with van der Waals surface area (Å²) < 4.78 is 33.1. The molecule has 4 rings (SSSR count). The zero-order valence-corrected chi connectivity index (χ0v) is 17.9. The fourth-order valence-corrected chi connectivity index (χ4v) is 4.55. The fraction of sp³-hybridized carbons (Fsp3) is 0.100. The maximum atomic E-state index is 12.5. The summed E-state index contributed by atoms with van der Waals surface area (Å²) in [6, 6.07) is 13.2. The average Bonchev–Trinajstić information content (AvgIpc) is 3.40. The molecular formula is C20H17N5O4S2. The second-order valence-electron chi connectivity index (χ2n) is 6.33. The molecule has 0 saturated carbocycles. The third kappa shape index (κ3) is 4.62. The summed E-state index contributed by atoms with van der Waals surface area (Å²) in [5.41, 5.74) is 2.03. The van der Waals surface area contributed by atoms with Crippen LogP contribution in [-0.4, -0.2) is 29.9 Å². The maximum Gasteiger partial charge on any atom is 0.263 e. The largest absolute Gasteiger partial charge is 0.436 e. The number of para-hydroxylation sites is 2. The first kappa shape index (κ1) is 20.7. The molecule has 2 aromatic heterocycles. The SMILES string of the molecule is CCc1nnc(NS(=O)(=O)c2ccc(N/C=C(/C=O)c3nc4ccccc4o3)cc2)s1. The molecular weight excluding hydrogens is 438 g/mol. The molecule has 9 nitrogen and oxygen atoms in total. The standard InChI is InChI=1S/C20H17N5O4S2/c1-2-18-23-24-20(30-18)25-31(27,28)15-9-7-14(8-10-15)21-11-13(12-26)19-22-16-5-3-4-6-17(16)29-19/h3-12,21H,2H2,1H3,(H,24,25)/b13-11-. The molecule has 4 aromatic rings. The topological polar surface area (TPSA) is 127 Å². The quantitative estimate of drug-likeness (QED) is 0.304. The lowest BCUT2D eigenvalue weighted by atomic mass is 10.3. The molecule has 0 fully saturated rings. The molecule has 0 atom stereocenters. The summed E-state index contributed by atoms with van der Waals surface area (Å²) in [5, 5.41) is 11.6. The van der Waals surface area contributed by atoms with E-state index in [0.29, 0.717) is 29.5 Å². The van der Waals surface area contributed by atoms with Crippen LogP contribution in [0.15, 0.2) is 64.0 Å². The number of anilines is 2. The van der Waals surface area contributed by atoms with Gasteiger partial charge in [0.25, 0.3) is 10.0 Å². The Morgan fingerprint density at radius 1 is 1.13 bits per heavy atom. The van der Waals surface area contributed by atoms with Gasteiger partial charge in [-0.05, 0) is 42.8 Å². The number of sulfonamides is 1. The Morgan fingerprint density at radius 2 is 1.90 bits per heavy atom. The Morgan fingerprint density at radius 3 is 2.58 bits per heavy atom. The van der Waals surface area contributed by atoms with Crippen LogP contribution in [0.5, 0.6) is 0 Å². The highest BCUT2D eigenvalue weighted by Crippen LogP contribution is 2.22. The van der Waals surface area contributed by atoms with Crippen molar-refractivity contribution in [3.63, 3.8) is 0 Å². The van der Waals surface area contributed by atoms with Crippen LogP contribution in [0.1, 0.15) is 17.8 Å². The minimum Gasteiger partial charge on any atom is -0.436 e. The summed E-state index contributed by atoms with van der Waals surface area (Å²) >= 11 is 1.19. The predicted molar refractivity (Wildman–Crippen MR) is 118 cm³/mol. The lowest BCUT2D eigenvalue weighted by molar-refractivity contribution is -0.103. The van der Waals surface area contributed by atoms with Gasteiger partial charge in [-0.15, -0.1) is 10.2 Å². The molecule has 0 amide bonds. The number of carbonyl (C=O) groups excluding carboxylic acids is 1. The number of nitrogens with one attached hydrogen (secondary N) is 2. The minimum absolute atomic E-state index is 0.0739. The van der Waals surface area contributed by atoms with E-state index in [1.807, 2.05) is 19.1 Å². The number of hydrogen-bond acceptors (Lipinski definition) is 9. The monoisotopic (exact) mass is 455 g/mol. The number of aromatic nitrogens is 3. The molecule has 11 heteroatoms. The van der Waals surface area contributed by atoms with E-state index in [-0.39, 0.29) is 21.5 Å². The van der Waals surface area contributed by atoms with Gasteiger partial charge < -0.3 is 9.73 Å². The highest BCUT2D eigenvalue weighted by Gasteiger charge is 2.17. The third-order valence-corrected chi connectivity index (χ3v) is 6.68. The lowest BCUT2D eigenvalue weighted by Crippen LogP contribution is -2.12. The molecule has 0 bridgehead atoms. The first-order valence-corrected chi connectivity index (χ1v) is 11.5. The van der Waals surface area contributed by atoms with Crippen LogP contribution in [-0.2, 0) is 21.2 Å². The van der Waals surface area contributed by atoms with Crippen LogP contribution >= 0.6 is 11.3 Å². The minimum atomic E-state index is -3.79. The van der Waals surface area contributed by atoms with Crippen LogP contribution in [0, 0.1) is 0 Å². The molecule has 2 N–H and O–H groups in total. The number of fused-ring (bicyclic) bond motifs is 1. The van der Waals surface area contributed by atoms with Gasteiger partial charge in [0.15, 0.2) is 11.9 Å². The molecule has 2 heterocycles. The Bertz CT molecular complexity index is 1320. The molecule has 0 saturated heterocycles. The van der Waals surface area contributed by atoms with Crippen molar-refractivity contribution in [1.82, 2.24) is 15.2 Å². The van der Waals surface area contributed by atoms with Crippen LogP contribution in [0.25, 0.3) is 16.7 Å². The molecule has 0 radical (unpaired) electrons. The number of hydrogen-bond donors (Lipinski definition) is 2. The van der Waals surface area contributed by atoms with E-state index in [1.54, 1.807) is 24.3 Å². The maximum absolute atomic E-state index is 12.5. The van der Waals surface area contributed by atoms with E-state index in [9.17, 15) is 13.2 Å². The van der Waals surface area contributed by atoms with Crippen LogP contribution in [0.3, 0.4) is 0 Å².